The van der Waals surface area contributed by atoms with E-state index in [2.05, 4.69) is 22.1 Å². The van der Waals surface area contributed by atoms with Gasteiger partial charge in [-0.05, 0) is 11.1 Å². The van der Waals surface area contributed by atoms with Gasteiger partial charge in [0, 0.05) is 6.42 Å². The molecule has 0 spiro atoms. The van der Waals surface area contributed by atoms with E-state index >= 15 is 0 Å². The van der Waals surface area contributed by atoms with Crippen LogP contribution >= 0.6 is 0 Å². The minimum atomic E-state index is 1.09. The molecule has 1 aromatic rings. The number of nitrogens with zero attached hydrogens (tertiary/aromatic N) is 1. The van der Waals surface area contributed by atoms with Crippen molar-refractivity contribution in [1.29, 1.82) is 0 Å². The molecule has 0 aliphatic heterocycles. The number of aromatic nitrogens is 2. The van der Waals surface area contributed by atoms with Crippen LogP contribution in [0.2, 0.25) is 0 Å². The molecular formula is C8H6N2. The first-order chi connectivity index (χ1) is 4.95. The molecule has 0 saturated carbocycles. The van der Waals surface area contributed by atoms with E-state index in [9.17, 15) is 0 Å². The van der Waals surface area contributed by atoms with Crippen molar-refractivity contribution in [3.8, 4) is 0 Å². The summed E-state index contributed by atoms with van der Waals surface area (Å²) in [5.41, 5.74) is 2.76. The number of rotatable bonds is 0. The predicted molar refractivity (Wildman–Crippen MR) is 38.4 cm³/mol. The van der Waals surface area contributed by atoms with Crippen LogP contribution in [0.3, 0.4) is 0 Å². The largest absolute Gasteiger partial charge is 0.344 e. The zero-order chi connectivity index (χ0) is 6.55. The molecule has 2 aliphatic carbocycles. The van der Waals surface area contributed by atoms with E-state index in [1.54, 1.807) is 6.33 Å². The summed E-state index contributed by atoms with van der Waals surface area (Å²) in [6, 6.07) is 0. The summed E-state index contributed by atoms with van der Waals surface area (Å²) >= 11 is 0. The maximum Gasteiger partial charge on any atom is 0.0932 e. The van der Waals surface area contributed by atoms with Gasteiger partial charge in [-0.1, -0.05) is 12.2 Å². The quantitative estimate of drug-likeness (QED) is 0.512. The van der Waals surface area contributed by atoms with E-state index in [0.717, 1.165) is 11.8 Å². The molecule has 0 aromatic carbocycles. The van der Waals surface area contributed by atoms with Gasteiger partial charge in [-0.15, -0.1) is 0 Å². The monoisotopic (exact) mass is 130 g/mol. The van der Waals surface area contributed by atoms with Gasteiger partial charge in [0.2, 0.25) is 0 Å². The molecule has 3 rings (SSSR count). The first kappa shape index (κ1) is 4.50. The number of hydrogen-bond donors (Lipinski definition) is 1. The number of allylic oxidation sites excluding steroid dienone is 2. The van der Waals surface area contributed by atoms with Gasteiger partial charge in [0.25, 0.3) is 0 Å². The molecule has 2 nitrogen and oxygen atoms in total. The minimum absolute atomic E-state index is 1.09. The SMILES string of the molecule is C1=CC2=c3[nH]cnc3=C1C2. The fourth-order valence-electron chi connectivity index (χ4n) is 1.64. The molecule has 0 saturated heterocycles. The van der Waals surface area contributed by atoms with Gasteiger partial charge in [0.1, 0.15) is 0 Å². The van der Waals surface area contributed by atoms with Crippen molar-refractivity contribution in [2.24, 2.45) is 0 Å². The van der Waals surface area contributed by atoms with Crippen molar-refractivity contribution in [2.75, 3.05) is 0 Å². The molecule has 1 heterocycles. The van der Waals surface area contributed by atoms with Crippen molar-refractivity contribution < 1.29 is 0 Å². The molecular weight excluding hydrogens is 124 g/mol. The molecule has 1 aromatic heterocycles. The number of H-pyrrole nitrogens is 1. The molecule has 0 atom stereocenters. The van der Waals surface area contributed by atoms with Crippen LogP contribution in [0, 0.1) is 0 Å². The van der Waals surface area contributed by atoms with Crippen LogP contribution in [0.4, 0.5) is 0 Å². The second-order valence-electron chi connectivity index (χ2n) is 2.69. The summed E-state index contributed by atoms with van der Waals surface area (Å²) in [7, 11) is 0. The van der Waals surface area contributed by atoms with E-state index in [0.29, 0.717) is 0 Å². The second-order valence-corrected chi connectivity index (χ2v) is 2.69. The van der Waals surface area contributed by atoms with E-state index < -0.39 is 0 Å². The number of fused-ring (bicyclic) bond motifs is 3. The Balaban J connectivity index is 2.77. The standard InChI is InChI=1S/C8H6N2/c1-2-6-3-5(1)7-8(6)10-4-9-7/h1-2,4H,3H2,(H,9,10). The highest BCUT2D eigenvalue weighted by molar-refractivity contribution is 5.83. The van der Waals surface area contributed by atoms with Crippen molar-refractivity contribution in [2.45, 2.75) is 6.42 Å². The van der Waals surface area contributed by atoms with Crippen LogP contribution in [0.5, 0.6) is 0 Å². The van der Waals surface area contributed by atoms with Crippen LogP contribution in [-0.2, 0) is 0 Å². The summed E-state index contributed by atoms with van der Waals surface area (Å²) in [4.78, 5) is 7.34. The van der Waals surface area contributed by atoms with Gasteiger partial charge in [-0.25, -0.2) is 4.98 Å². The van der Waals surface area contributed by atoms with E-state index in [-0.39, 0.29) is 0 Å². The Labute approximate surface area is 57.6 Å². The summed E-state index contributed by atoms with van der Waals surface area (Å²) in [6.45, 7) is 0. The van der Waals surface area contributed by atoms with Gasteiger partial charge in [0.15, 0.2) is 0 Å². The van der Waals surface area contributed by atoms with Crippen LogP contribution in [-0.4, -0.2) is 9.97 Å². The van der Waals surface area contributed by atoms with E-state index in [4.69, 9.17) is 0 Å². The average molecular weight is 130 g/mol. The van der Waals surface area contributed by atoms with Crippen LogP contribution in [0.15, 0.2) is 18.5 Å². The molecule has 10 heavy (non-hydrogen) atoms. The van der Waals surface area contributed by atoms with Gasteiger partial charge in [-0.2, -0.15) is 0 Å². The summed E-state index contributed by atoms with van der Waals surface area (Å²) in [6.07, 6.45) is 7.17. The zero-order valence-electron chi connectivity index (χ0n) is 5.39. The fourth-order valence-corrected chi connectivity index (χ4v) is 1.64. The molecule has 2 heteroatoms. The molecule has 0 unspecified atom stereocenters. The molecule has 1 N–H and O–H groups in total. The molecule has 2 aliphatic rings. The van der Waals surface area contributed by atoms with Crippen molar-refractivity contribution in [3.05, 3.63) is 29.2 Å². The topological polar surface area (TPSA) is 28.7 Å². The number of hydrogen-bond acceptors (Lipinski definition) is 1. The summed E-state index contributed by atoms with van der Waals surface area (Å²) < 4.78 is 0. The number of aromatic amines is 1. The van der Waals surface area contributed by atoms with Crippen molar-refractivity contribution in [1.82, 2.24) is 9.97 Å². The third-order valence-corrected chi connectivity index (χ3v) is 2.13. The normalized spacial score (nSPS) is 18.8. The van der Waals surface area contributed by atoms with Gasteiger partial charge in [0.05, 0.1) is 17.0 Å². The molecule has 0 fully saturated rings. The third-order valence-electron chi connectivity index (χ3n) is 2.13. The second kappa shape index (κ2) is 1.24. The van der Waals surface area contributed by atoms with Crippen molar-refractivity contribution in [3.63, 3.8) is 0 Å². The Hall–Kier alpha value is -1.31. The first-order valence-corrected chi connectivity index (χ1v) is 3.39. The maximum absolute atomic E-state index is 4.21. The first-order valence-electron chi connectivity index (χ1n) is 3.39. The van der Waals surface area contributed by atoms with Crippen molar-refractivity contribution >= 4 is 11.1 Å². The highest BCUT2D eigenvalue weighted by Gasteiger charge is 2.16. The minimum Gasteiger partial charge on any atom is -0.344 e. The van der Waals surface area contributed by atoms with Crippen LogP contribution < -0.4 is 10.7 Å². The Morgan fingerprint density at radius 1 is 1.30 bits per heavy atom. The van der Waals surface area contributed by atoms with Crippen LogP contribution in [0.25, 0.3) is 11.1 Å². The fraction of sp³-hybridized carbons (Fsp3) is 0.125. The van der Waals surface area contributed by atoms with Gasteiger partial charge < -0.3 is 4.98 Å². The third kappa shape index (κ3) is 0.328. The van der Waals surface area contributed by atoms with E-state index in [1.165, 1.54) is 16.5 Å². The van der Waals surface area contributed by atoms with Gasteiger partial charge in [-0.3, -0.25) is 0 Å². The number of nitrogens with one attached hydrogen (secondary N) is 1. The molecule has 0 radical (unpaired) electrons. The number of imidazole rings is 1. The lowest BCUT2D eigenvalue weighted by molar-refractivity contribution is 1.26. The Morgan fingerprint density at radius 2 is 2.20 bits per heavy atom. The lowest BCUT2D eigenvalue weighted by Crippen LogP contribution is -2.24. The van der Waals surface area contributed by atoms with Crippen LogP contribution in [0.1, 0.15) is 6.42 Å². The predicted octanol–water partition coefficient (Wildman–Crippen LogP) is -0.315. The Kier molecular flexibility index (Phi) is 0.556. The molecule has 2 bridgehead atoms. The summed E-state index contributed by atoms with van der Waals surface area (Å²) in [5.74, 6) is 0. The Morgan fingerprint density at radius 3 is 3.10 bits per heavy atom. The smallest absolute Gasteiger partial charge is 0.0932 e. The maximum atomic E-state index is 4.21. The van der Waals surface area contributed by atoms with Gasteiger partial charge >= 0.3 is 0 Å². The molecule has 48 valence electrons. The highest BCUT2D eigenvalue weighted by Crippen LogP contribution is 2.23. The molecule has 0 amide bonds. The lowest BCUT2D eigenvalue weighted by atomic mass is 10.3. The average Bonchev–Trinajstić information content (AvgIpc) is 2.60. The lowest BCUT2D eigenvalue weighted by Gasteiger charge is -1.80. The summed E-state index contributed by atoms with van der Waals surface area (Å²) in [5, 5.41) is 2.40. The van der Waals surface area contributed by atoms with E-state index in [1.807, 2.05) is 0 Å². The zero-order valence-corrected chi connectivity index (χ0v) is 5.39. The Bertz CT molecular complexity index is 396. The highest BCUT2D eigenvalue weighted by atomic mass is 14.9.